The molecule has 21 heavy (non-hydrogen) atoms. The van der Waals surface area contributed by atoms with E-state index in [1.54, 1.807) is 24.3 Å². The van der Waals surface area contributed by atoms with E-state index in [1.165, 1.54) is 0 Å². The third-order valence-corrected chi connectivity index (χ3v) is 2.95. The standard InChI is InChI=1S/C13H14BrNO6/c14-8-1-3-9(4-2-8)21-6-5-11(16)15-10(13(19)20)7-12(17)18/h1-4,10H,5-7H2,(H,15,16)(H,17,18)(H,19,20). The molecular weight excluding hydrogens is 346 g/mol. The minimum absolute atomic E-state index is 0.0624. The molecule has 0 aliphatic heterocycles. The fourth-order valence-electron chi connectivity index (χ4n) is 1.43. The fraction of sp³-hybridized carbons (Fsp3) is 0.308. The van der Waals surface area contributed by atoms with Crippen LogP contribution in [0.1, 0.15) is 12.8 Å². The summed E-state index contributed by atoms with van der Waals surface area (Å²) in [5, 5.41) is 19.5. The van der Waals surface area contributed by atoms with Gasteiger partial charge < -0.3 is 20.3 Å². The van der Waals surface area contributed by atoms with Crippen LogP contribution >= 0.6 is 15.9 Å². The lowest BCUT2D eigenvalue weighted by Gasteiger charge is -2.12. The number of hydrogen-bond donors (Lipinski definition) is 3. The largest absolute Gasteiger partial charge is 0.493 e. The number of carbonyl (C=O) groups excluding carboxylic acids is 1. The van der Waals surface area contributed by atoms with Crippen LogP contribution in [0.2, 0.25) is 0 Å². The zero-order valence-electron chi connectivity index (χ0n) is 10.9. The molecule has 1 unspecified atom stereocenters. The van der Waals surface area contributed by atoms with Crippen LogP contribution in [0.15, 0.2) is 28.7 Å². The number of nitrogens with one attached hydrogen (secondary N) is 1. The second kappa shape index (κ2) is 8.25. The highest BCUT2D eigenvalue weighted by atomic mass is 79.9. The van der Waals surface area contributed by atoms with Gasteiger partial charge in [0.25, 0.3) is 0 Å². The van der Waals surface area contributed by atoms with Gasteiger partial charge in [-0.3, -0.25) is 9.59 Å². The van der Waals surface area contributed by atoms with Crippen molar-refractivity contribution >= 4 is 33.8 Å². The first kappa shape index (κ1) is 17.0. The predicted molar refractivity (Wildman–Crippen MR) is 76.1 cm³/mol. The third-order valence-electron chi connectivity index (χ3n) is 2.42. The quantitative estimate of drug-likeness (QED) is 0.643. The number of ether oxygens (including phenoxy) is 1. The van der Waals surface area contributed by atoms with Gasteiger partial charge in [0.2, 0.25) is 5.91 Å². The van der Waals surface area contributed by atoms with E-state index in [2.05, 4.69) is 21.2 Å². The average molecular weight is 360 g/mol. The average Bonchev–Trinajstić information content (AvgIpc) is 2.39. The molecular formula is C13H14BrNO6. The van der Waals surface area contributed by atoms with Crippen molar-refractivity contribution in [3.63, 3.8) is 0 Å². The number of carboxylic acids is 2. The van der Waals surface area contributed by atoms with Gasteiger partial charge in [-0.1, -0.05) is 15.9 Å². The number of amides is 1. The summed E-state index contributed by atoms with van der Waals surface area (Å²) in [5.74, 6) is -2.69. The molecule has 0 aromatic heterocycles. The second-order valence-corrected chi connectivity index (χ2v) is 5.02. The van der Waals surface area contributed by atoms with Gasteiger partial charge in [0, 0.05) is 4.47 Å². The maximum Gasteiger partial charge on any atom is 0.326 e. The number of benzene rings is 1. The SMILES string of the molecule is O=C(O)CC(NC(=O)CCOc1ccc(Br)cc1)C(=O)O. The van der Waals surface area contributed by atoms with Crippen molar-refractivity contribution in [1.82, 2.24) is 5.32 Å². The van der Waals surface area contributed by atoms with E-state index in [0.717, 1.165) is 4.47 Å². The van der Waals surface area contributed by atoms with Crippen molar-refractivity contribution in [2.75, 3.05) is 6.61 Å². The van der Waals surface area contributed by atoms with Crippen molar-refractivity contribution in [2.24, 2.45) is 0 Å². The molecule has 0 aliphatic carbocycles. The van der Waals surface area contributed by atoms with Crippen LogP contribution in [0.5, 0.6) is 5.75 Å². The van der Waals surface area contributed by atoms with E-state index in [0.29, 0.717) is 5.75 Å². The zero-order valence-corrected chi connectivity index (χ0v) is 12.5. The number of aliphatic carboxylic acids is 2. The molecule has 0 heterocycles. The van der Waals surface area contributed by atoms with Gasteiger partial charge in [-0.2, -0.15) is 0 Å². The molecule has 1 atom stereocenters. The van der Waals surface area contributed by atoms with E-state index in [-0.39, 0.29) is 13.0 Å². The first-order valence-electron chi connectivity index (χ1n) is 6.01. The van der Waals surface area contributed by atoms with Gasteiger partial charge in [0.1, 0.15) is 11.8 Å². The molecule has 1 amide bonds. The molecule has 1 rings (SSSR count). The molecule has 0 fully saturated rings. The number of rotatable bonds is 8. The summed E-state index contributed by atoms with van der Waals surface area (Å²) in [7, 11) is 0. The van der Waals surface area contributed by atoms with Crippen molar-refractivity contribution < 1.29 is 29.3 Å². The molecule has 1 aromatic rings. The maximum atomic E-state index is 11.5. The zero-order chi connectivity index (χ0) is 15.8. The van der Waals surface area contributed by atoms with E-state index in [1.807, 2.05) is 0 Å². The highest BCUT2D eigenvalue weighted by Gasteiger charge is 2.22. The minimum atomic E-state index is -1.44. The summed E-state index contributed by atoms with van der Waals surface area (Å²) < 4.78 is 6.20. The molecule has 1 aromatic carbocycles. The molecule has 3 N–H and O–H groups in total. The van der Waals surface area contributed by atoms with Gasteiger partial charge in [0.05, 0.1) is 19.4 Å². The van der Waals surface area contributed by atoms with Crippen molar-refractivity contribution in [3.05, 3.63) is 28.7 Å². The Morgan fingerprint density at radius 1 is 1.19 bits per heavy atom. The minimum Gasteiger partial charge on any atom is -0.493 e. The summed E-state index contributed by atoms with van der Waals surface area (Å²) in [4.78, 5) is 32.8. The summed E-state index contributed by atoms with van der Waals surface area (Å²) in [6.45, 7) is 0.0624. The molecule has 0 radical (unpaired) electrons. The Kier molecular flexibility index (Phi) is 6.67. The van der Waals surface area contributed by atoms with E-state index < -0.39 is 30.3 Å². The molecule has 114 valence electrons. The van der Waals surface area contributed by atoms with Gasteiger partial charge in [-0.25, -0.2) is 4.79 Å². The molecule has 0 saturated heterocycles. The lowest BCUT2D eigenvalue weighted by molar-refractivity contribution is -0.147. The smallest absolute Gasteiger partial charge is 0.326 e. The molecule has 0 bridgehead atoms. The Morgan fingerprint density at radius 3 is 2.33 bits per heavy atom. The van der Waals surface area contributed by atoms with Gasteiger partial charge in [0.15, 0.2) is 0 Å². The maximum absolute atomic E-state index is 11.5. The van der Waals surface area contributed by atoms with E-state index >= 15 is 0 Å². The highest BCUT2D eigenvalue weighted by molar-refractivity contribution is 9.10. The number of carboxylic acid groups (broad SMARTS) is 2. The Bertz CT molecular complexity index is 516. The van der Waals surface area contributed by atoms with Crippen molar-refractivity contribution in [3.8, 4) is 5.75 Å². The van der Waals surface area contributed by atoms with Gasteiger partial charge in [-0.05, 0) is 24.3 Å². The molecule has 0 spiro atoms. The van der Waals surface area contributed by atoms with Crippen molar-refractivity contribution in [2.45, 2.75) is 18.9 Å². The second-order valence-electron chi connectivity index (χ2n) is 4.11. The number of hydrogen-bond acceptors (Lipinski definition) is 4. The Hall–Kier alpha value is -2.09. The Labute approximate surface area is 129 Å². The van der Waals surface area contributed by atoms with E-state index in [9.17, 15) is 14.4 Å². The van der Waals surface area contributed by atoms with Crippen LogP contribution < -0.4 is 10.1 Å². The monoisotopic (exact) mass is 359 g/mol. The number of halogens is 1. The van der Waals surface area contributed by atoms with Gasteiger partial charge >= 0.3 is 11.9 Å². The predicted octanol–water partition coefficient (Wildman–Crippen LogP) is 1.26. The Morgan fingerprint density at radius 2 is 1.81 bits per heavy atom. The van der Waals surface area contributed by atoms with Crippen LogP contribution in [-0.4, -0.2) is 40.7 Å². The van der Waals surface area contributed by atoms with Crippen LogP contribution in [0, 0.1) is 0 Å². The molecule has 8 heteroatoms. The fourth-order valence-corrected chi connectivity index (χ4v) is 1.70. The van der Waals surface area contributed by atoms with E-state index in [4.69, 9.17) is 14.9 Å². The summed E-state index contributed by atoms with van der Waals surface area (Å²) in [5.41, 5.74) is 0. The summed E-state index contributed by atoms with van der Waals surface area (Å²) in [6, 6.07) is 5.55. The molecule has 0 saturated carbocycles. The summed E-state index contributed by atoms with van der Waals surface area (Å²) >= 11 is 3.27. The van der Waals surface area contributed by atoms with Crippen LogP contribution in [-0.2, 0) is 14.4 Å². The normalized spacial score (nSPS) is 11.5. The highest BCUT2D eigenvalue weighted by Crippen LogP contribution is 2.16. The topological polar surface area (TPSA) is 113 Å². The van der Waals surface area contributed by atoms with Crippen LogP contribution in [0.3, 0.4) is 0 Å². The lowest BCUT2D eigenvalue weighted by Crippen LogP contribution is -2.42. The molecule has 0 aliphatic rings. The Balaban J connectivity index is 2.37. The van der Waals surface area contributed by atoms with Crippen LogP contribution in [0.4, 0.5) is 0 Å². The first-order valence-corrected chi connectivity index (χ1v) is 6.80. The number of carbonyl (C=O) groups is 3. The lowest BCUT2D eigenvalue weighted by atomic mass is 10.2. The third kappa shape index (κ3) is 6.75. The first-order chi connectivity index (χ1) is 9.88. The summed E-state index contributed by atoms with van der Waals surface area (Å²) in [6.07, 6.45) is -0.742. The van der Waals surface area contributed by atoms with Crippen LogP contribution in [0.25, 0.3) is 0 Å². The van der Waals surface area contributed by atoms with Crippen molar-refractivity contribution in [1.29, 1.82) is 0 Å². The van der Waals surface area contributed by atoms with Gasteiger partial charge in [-0.15, -0.1) is 0 Å². The molecule has 7 nitrogen and oxygen atoms in total.